The van der Waals surface area contributed by atoms with Gasteiger partial charge in [0.2, 0.25) is 11.9 Å². The van der Waals surface area contributed by atoms with Gasteiger partial charge in [-0.05, 0) is 37.5 Å². The molecule has 1 aliphatic rings. The molecular weight excluding hydrogens is 376 g/mol. The van der Waals surface area contributed by atoms with Gasteiger partial charge in [-0.1, -0.05) is 42.0 Å². The van der Waals surface area contributed by atoms with Crippen molar-refractivity contribution in [2.24, 2.45) is 5.92 Å². The smallest absolute Gasteiger partial charge is 0.223 e. The zero-order valence-electron chi connectivity index (χ0n) is 17.8. The second kappa shape index (κ2) is 9.30. The molecule has 0 unspecified atom stereocenters. The second-order valence-electron chi connectivity index (χ2n) is 8.02. The van der Waals surface area contributed by atoms with Gasteiger partial charge in [-0.3, -0.25) is 4.79 Å². The van der Waals surface area contributed by atoms with Gasteiger partial charge in [-0.25, -0.2) is 4.98 Å². The van der Waals surface area contributed by atoms with Crippen molar-refractivity contribution in [1.82, 2.24) is 14.9 Å². The van der Waals surface area contributed by atoms with Crippen LogP contribution in [-0.4, -0.2) is 48.8 Å². The van der Waals surface area contributed by atoms with E-state index in [1.807, 2.05) is 6.07 Å². The Bertz CT molecular complexity index is 988. The lowest BCUT2D eigenvalue weighted by molar-refractivity contribution is -0.125. The number of aryl methyl sites for hydroxylation is 1. The molecule has 1 N–H and O–H groups in total. The summed E-state index contributed by atoms with van der Waals surface area (Å²) in [5, 5.41) is 2.97. The van der Waals surface area contributed by atoms with Crippen LogP contribution in [0.3, 0.4) is 0 Å². The summed E-state index contributed by atoms with van der Waals surface area (Å²) >= 11 is 0. The van der Waals surface area contributed by atoms with Crippen LogP contribution >= 0.6 is 0 Å². The molecule has 6 heteroatoms. The first-order chi connectivity index (χ1) is 14.7. The number of nitrogens with one attached hydrogen (secondary N) is 1. The Morgan fingerprint density at radius 3 is 2.60 bits per heavy atom. The number of anilines is 1. The first-order valence-corrected chi connectivity index (χ1v) is 10.7. The van der Waals surface area contributed by atoms with Gasteiger partial charge >= 0.3 is 0 Å². The van der Waals surface area contributed by atoms with Gasteiger partial charge in [0.25, 0.3) is 0 Å². The Balaban J connectivity index is 1.51. The molecule has 1 fully saturated rings. The van der Waals surface area contributed by atoms with Gasteiger partial charge in [0.1, 0.15) is 0 Å². The fraction of sp³-hybridized carbons (Fsp3) is 0.417. The van der Waals surface area contributed by atoms with E-state index in [4.69, 9.17) is 9.72 Å². The summed E-state index contributed by atoms with van der Waals surface area (Å²) in [6.45, 7) is 5.68. The van der Waals surface area contributed by atoms with Crippen molar-refractivity contribution in [3.63, 3.8) is 0 Å². The number of amides is 1. The number of para-hydroxylation sites is 2. The summed E-state index contributed by atoms with van der Waals surface area (Å²) in [5.41, 5.74) is 4.68. The molecule has 2 heterocycles. The van der Waals surface area contributed by atoms with Crippen molar-refractivity contribution >= 4 is 22.9 Å². The number of carbonyl (C=O) groups is 1. The van der Waals surface area contributed by atoms with Crippen molar-refractivity contribution in [2.75, 3.05) is 38.3 Å². The SMILES string of the molecule is COCCNC(=O)C1CCN(c2nc3ccccc3n2Cc2ccc(C)cc2)CC1. The minimum atomic E-state index is 0.0630. The number of fused-ring (bicyclic) bond motifs is 1. The summed E-state index contributed by atoms with van der Waals surface area (Å²) < 4.78 is 7.32. The number of rotatable bonds is 7. The molecule has 2 aromatic carbocycles. The maximum Gasteiger partial charge on any atom is 0.223 e. The Labute approximate surface area is 177 Å². The lowest BCUT2D eigenvalue weighted by Gasteiger charge is -2.32. The molecule has 1 aliphatic heterocycles. The number of carbonyl (C=O) groups excluding carboxylic acids is 1. The first-order valence-electron chi connectivity index (χ1n) is 10.7. The van der Waals surface area contributed by atoms with Crippen molar-refractivity contribution in [3.05, 3.63) is 59.7 Å². The van der Waals surface area contributed by atoms with Gasteiger partial charge in [-0.15, -0.1) is 0 Å². The van der Waals surface area contributed by atoms with Gasteiger partial charge in [0.05, 0.1) is 24.2 Å². The number of nitrogens with zero attached hydrogens (tertiary/aromatic N) is 3. The van der Waals surface area contributed by atoms with Crippen molar-refractivity contribution in [3.8, 4) is 0 Å². The standard InChI is InChI=1S/C24H30N4O2/c1-18-7-9-19(10-8-18)17-28-22-6-4-3-5-21(22)26-24(28)27-14-11-20(12-15-27)23(29)25-13-16-30-2/h3-10,20H,11-17H2,1-2H3,(H,25,29). The molecule has 0 radical (unpaired) electrons. The number of benzene rings is 2. The second-order valence-corrected chi connectivity index (χ2v) is 8.02. The minimum Gasteiger partial charge on any atom is -0.383 e. The van der Waals surface area contributed by atoms with Crippen LogP contribution in [0.1, 0.15) is 24.0 Å². The number of aromatic nitrogens is 2. The van der Waals surface area contributed by atoms with Crippen LogP contribution in [0.15, 0.2) is 48.5 Å². The zero-order valence-corrected chi connectivity index (χ0v) is 17.8. The highest BCUT2D eigenvalue weighted by molar-refractivity contribution is 5.80. The molecule has 1 aromatic heterocycles. The van der Waals surface area contributed by atoms with E-state index in [2.05, 4.69) is 64.2 Å². The number of hydrogen-bond donors (Lipinski definition) is 1. The average Bonchev–Trinajstić information content (AvgIpc) is 3.14. The number of piperidine rings is 1. The number of ether oxygens (including phenoxy) is 1. The molecular formula is C24H30N4O2. The molecule has 1 saturated heterocycles. The minimum absolute atomic E-state index is 0.0630. The highest BCUT2D eigenvalue weighted by Gasteiger charge is 2.27. The highest BCUT2D eigenvalue weighted by atomic mass is 16.5. The zero-order chi connectivity index (χ0) is 20.9. The summed E-state index contributed by atoms with van der Waals surface area (Å²) in [4.78, 5) is 19.7. The van der Waals surface area contributed by atoms with E-state index in [0.717, 1.165) is 49.5 Å². The van der Waals surface area contributed by atoms with Gasteiger partial charge in [0.15, 0.2) is 0 Å². The topological polar surface area (TPSA) is 59.4 Å². The van der Waals surface area contributed by atoms with Crippen molar-refractivity contribution < 1.29 is 9.53 Å². The molecule has 158 valence electrons. The lowest BCUT2D eigenvalue weighted by Crippen LogP contribution is -2.42. The van der Waals surface area contributed by atoms with Crippen molar-refractivity contribution in [1.29, 1.82) is 0 Å². The van der Waals surface area contributed by atoms with Crippen molar-refractivity contribution in [2.45, 2.75) is 26.3 Å². The van der Waals surface area contributed by atoms with E-state index >= 15 is 0 Å². The maximum absolute atomic E-state index is 12.4. The summed E-state index contributed by atoms with van der Waals surface area (Å²) in [6, 6.07) is 17.0. The average molecular weight is 407 g/mol. The molecule has 0 bridgehead atoms. The maximum atomic E-state index is 12.4. The van der Waals surface area contributed by atoms with E-state index < -0.39 is 0 Å². The number of hydrogen-bond acceptors (Lipinski definition) is 4. The Morgan fingerprint density at radius 2 is 1.87 bits per heavy atom. The van der Waals surface area contributed by atoms with E-state index in [9.17, 15) is 4.79 Å². The highest BCUT2D eigenvalue weighted by Crippen LogP contribution is 2.28. The monoisotopic (exact) mass is 406 g/mol. The molecule has 3 aromatic rings. The predicted octanol–water partition coefficient (Wildman–Crippen LogP) is 3.37. The Hall–Kier alpha value is -2.86. The third-order valence-corrected chi connectivity index (χ3v) is 5.85. The van der Waals surface area contributed by atoms with E-state index in [1.54, 1.807) is 7.11 Å². The van der Waals surface area contributed by atoms with Gasteiger partial charge < -0.3 is 19.5 Å². The molecule has 1 amide bonds. The normalized spacial score (nSPS) is 14.9. The fourth-order valence-electron chi connectivity index (χ4n) is 4.10. The van der Waals surface area contributed by atoms with Crippen LogP contribution in [0.2, 0.25) is 0 Å². The van der Waals surface area contributed by atoms with Gasteiger partial charge in [0, 0.05) is 32.7 Å². The van der Waals surface area contributed by atoms with Gasteiger partial charge in [-0.2, -0.15) is 0 Å². The largest absolute Gasteiger partial charge is 0.383 e. The Morgan fingerprint density at radius 1 is 1.13 bits per heavy atom. The summed E-state index contributed by atoms with van der Waals surface area (Å²) in [5.74, 6) is 1.20. The molecule has 6 nitrogen and oxygen atoms in total. The number of imidazole rings is 1. The summed E-state index contributed by atoms with van der Waals surface area (Å²) in [7, 11) is 1.65. The molecule has 0 atom stereocenters. The van der Waals surface area contributed by atoms with Crippen LogP contribution in [0.25, 0.3) is 11.0 Å². The van der Waals surface area contributed by atoms with E-state index in [-0.39, 0.29) is 11.8 Å². The molecule has 0 spiro atoms. The Kier molecular flexibility index (Phi) is 6.33. The number of methoxy groups -OCH3 is 1. The van der Waals surface area contributed by atoms with Crippen LogP contribution in [-0.2, 0) is 16.1 Å². The predicted molar refractivity (Wildman–Crippen MR) is 120 cm³/mol. The molecule has 0 aliphatic carbocycles. The molecule has 30 heavy (non-hydrogen) atoms. The van der Waals surface area contributed by atoms with E-state index in [1.165, 1.54) is 11.1 Å². The summed E-state index contributed by atoms with van der Waals surface area (Å²) in [6.07, 6.45) is 1.68. The third kappa shape index (κ3) is 4.49. The first kappa shape index (κ1) is 20.4. The van der Waals surface area contributed by atoms with Crippen LogP contribution in [0.4, 0.5) is 5.95 Å². The third-order valence-electron chi connectivity index (χ3n) is 5.85. The fourth-order valence-corrected chi connectivity index (χ4v) is 4.10. The van der Waals surface area contributed by atoms with Crippen LogP contribution in [0.5, 0.6) is 0 Å². The van der Waals surface area contributed by atoms with Crippen LogP contribution < -0.4 is 10.2 Å². The molecule has 4 rings (SSSR count). The molecule has 0 saturated carbocycles. The van der Waals surface area contributed by atoms with E-state index in [0.29, 0.717) is 13.2 Å². The lowest BCUT2D eigenvalue weighted by atomic mass is 9.96. The van der Waals surface area contributed by atoms with Crippen LogP contribution in [0, 0.1) is 12.8 Å². The quantitative estimate of drug-likeness (QED) is 0.611.